The average Bonchev–Trinajstić information content (AvgIpc) is 2.93. The molecule has 0 radical (unpaired) electrons. The molecule has 0 saturated carbocycles. The number of hydrogen-bond acceptors (Lipinski definition) is 2. The second kappa shape index (κ2) is 6.36. The first-order valence-electron chi connectivity index (χ1n) is 7.82. The molecule has 0 N–H and O–H groups in total. The third-order valence-electron chi connectivity index (χ3n) is 4.31. The van der Waals surface area contributed by atoms with Crippen LogP contribution in [0.2, 0.25) is 0 Å². The van der Waals surface area contributed by atoms with Crippen molar-refractivity contribution in [3.8, 4) is 0 Å². The molecule has 0 bridgehead atoms. The number of piperazine rings is 1. The van der Waals surface area contributed by atoms with Gasteiger partial charge in [-0.3, -0.25) is 9.69 Å². The molecule has 1 aromatic heterocycles. The molecular formula is C18H23N3O. The lowest BCUT2D eigenvalue weighted by Gasteiger charge is -2.34. The summed E-state index contributed by atoms with van der Waals surface area (Å²) in [6, 6.07) is 12.5. The molecule has 2 aromatic rings. The third kappa shape index (κ3) is 3.22. The zero-order valence-corrected chi connectivity index (χ0v) is 13.3. The predicted octanol–water partition coefficient (Wildman–Crippen LogP) is 2.29. The number of nitrogens with zero attached hydrogens (tertiary/aromatic N) is 3. The van der Waals surface area contributed by atoms with Gasteiger partial charge in [-0.2, -0.15) is 0 Å². The van der Waals surface area contributed by atoms with E-state index < -0.39 is 0 Å². The Morgan fingerprint density at radius 3 is 2.50 bits per heavy atom. The molecule has 0 unspecified atom stereocenters. The Morgan fingerprint density at radius 1 is 1.09 bits per heavy atom. The minimum atomic E-state index is 0.141. The van der Waals surface area contributed by atoms with Gasteiger partial charge >= 0.3 is 0 Å². The summed E-state index contributed by atoms with van der Waals surface area (Å²) in [5.41, 5.74) is 3.42. The quantitative estimate of drug-likeness (QED) is 0.869. The van der Waals surface area contributed by atoms with Crippen LogP contribution in [0.5, 0.6) is 0 Å². The van der Waals surface area contributed by atoms with Crippen LogP contribution in [0.25, 0.3) is 0 Å². The van der Waals surface area contributed by atoms with Crippen LogP contribution in [0.3, 0.4) is 0 Å². The fourth-order valence-corrected chi connectivity index (χ4v) is 3.02. The Morgan fingerprint density at radius 2 is 1.86 bits per heavy atom. The fourth-order valence-electron chi connectivity index (χ4n) is 3.02. The van der Waals surface area contributed by atoms with E-state index in [9.17, 15) is 4.79 Å². The van der Waals surface area contributed by atoms with Gasteiger partial charge in [-0.25, -0.2) is 0 Å². The molecule has 0 atom stereocenters. The second-order valence-electron chi connectivity index (χ2n) is 6.06. The van der Waals surface area contributed by atoms with Crippen molar-refractivity contribution in [2.45, 2.75) is 13.5 Å². The lowest BCUT2D eigenvalue weighted by Crippen LogP contribution is -2.48. The molecule has 116 valence electrons. The number of aromatic nitrogens is 1. The third-order valence-corrected chi connectivity index (χ3v) is 4.31. The van der Waals surface area contributed by atoms with E-state index in [4.69, 9.17) is 0 Å². The van der Waals surface area contributed by atoms with Crippen LogP contribution in [-0.2, 0) is 13.6 Å². The summed E-state index contributed by atoms with van der Waals surface area (Å²) in [5.74, 6) is 0.141. The Balaban J connectivity index is 1.56. The predicted molar refractivity (Wildman–Crippen MR) is 87.8 cm³/mol. The van der Waals surface area contributed by atoms with Crippen molar-refractivity contribution in [3.05, 3.63) is 59.4 Å². The first-order valence-corrected chi connectivity index (χ1v) is 7.82. The minimum Gasteiger partial charge on any atom is -0.347 e. The van der Waals surface area contributed by atoms with Gasteiger partial charge in [0.15, 0.2) is 0 Å². The Bertz CT molecular complexity index is 654. The number of aryl methyl sites for hydroxylation is 2. The molecule has 0 spiro atoms. The molecule has 0 aliphatic carbocycles. The number of amides is 1. The van der Waals surface area contributed by atoms with Crippen molar-refractivity contribution in [1.29, 1.82) is 0 Å². The minimum absolute atomic E-state index is 0.141. The average molecular weight is 297 g/mol. The second-order valence-corrected chi connectivity index (χ2v) is 6.06. The van der Waals surface area contributed by atoms with Crippen molar-refractivity contribution in [1.82, 2.24) is 14.4 Å². The monoisotopic (exact) mass is 297 g/mol. The zero-order chi connectivity index (χ0) is 15.5. The fraction of sp³-hybridized carbons (Fsp3) is 0.389. The van der Waals surface area contributed by atoms with Crippen molar-refractivity contribution >= 4 is 5.91 Å². The standard InChI is InChI=1S/C18H23N3O/c1-15-5-3-6-16(13-15)14-20-9-11-21(12-10-20)18(22)17-7-4-8-19(17)2/h3-8,13H,9-12,14H2,1-2H3. The molecule has 1 amide bonds. The van der Waals surface area contributed by atoms with E-state index in [-0.39, 0.29) is 5.91 Å². The van der Waals surface area contributed by atoms with Gasteiger partial charge in [0, 0.05) is 46.0 Å². The first kappa shape index (κ1) is 14.9. The maximum Gasteiger partial charge on any atom is 0.270 e. The lowest BCUT2D eigenvalue weighted by molar-refractivity contribution is 0.0619. The maximum atomic E-state index is 12.5. The summed E-state index contributed by atoms with van der Waals surface area (Å²) < 4.78 is 1.89. The highest BCUT2D eigenvalue weighted by atomic mass is 16.2. The van der Waals surface area contributed by atoms with E-state index >= 15 is 0 Å². The largest absolute Gasteiger partial charge is 0.347 e. The summed E-state index contributed by atoms with van der Waals surface area (Å²) in [4.78, 5) is 16.9. The number of benzene rings is 1. The Hall–Kier alpha value is -2.07. The van der Waals surface area contributed by atoms with E-state index in [2.05, 4.69) is 36.1 Å². The van der Waals surface area contributed by atoms with E-state index in [0.717, 1.165) is 38.4 Å². The number of rotatable bonds is 3. The molecule has 4 heteroatoms. The van der Waals surface area contributed by atoms with Crippen molar-refractivity contribution in [2.24, 2.45) is 7.05 Å². The summed E-state index contributed by atoms with van der Waals surface area (Å²) >= 11 is 0. The highest BCUT2D eigenvalue weighted by molar-refractivity contribution is 5.92. The maximum absolute atomic E-state index is 12.5. The molecule has 1 aliphatic rings. The van der Waals surface area contributed by atoms with E-state index in [1.807, 2.05) is 34.8 Å². The molecule has 3 rings (SSSR count). The van der Waals surface area contributed by atoms with Gasteiger partial charge in [0.2, 0.25) is 0 Å². The van der Waals surface area contributed by atoms with Crippen LogP contribution in [0.15, 0.2) is 42.6 Å². The van der Waals surface area contributed by atoms with Crippen molar-refractivity contribution in [2.75, 3.05) is 26.2 Å². The van der Waals surface area contributed by atoms with Crippen molar-refractivity contribution < 1.29 is 4.79 Å². The van der Waals surface area contributed by atoms with Crippen molar-refractivity contribution in [3.63, 3.8) is 0 Å². The van der Waals surface area contributed by atoms with Gasteiger partial charge in [0.05, 0.1) is 0 Å². The molecule has 1 saturated heterocycles. The molecule has 4 nitrogen and oxygen atoms in total. The normalized spacial score (nSPS) is 16.0. The Labute approximate surface area is 132 Å². The van der Waals surface area contributed by atoms with Crippen LogP contribution in [0, 0.1) is 6.92 Å². The molecule has 2 heterocycles. The molecular weight excluding hydrogens is 274 g/mol. The lowest BCUT2D eigenvalue weighted by atomic mass is 10.1. The summed E-state index contributed by atoms with van der Waals surface area (Å²) in [6.07, 6.45) is 1.92. The van der Waals surface area contributed by atoms with Crippen LogP contribution < -0.4 is 0 Å². The first-order chi connectivity index (χ1) is 10.6. The molecule has 22 heavy (non-hydrogen) atoms. The number of carbonyl (C=O) groups is 1. The highest BCUT2D eigenvalue weighted by Crippen LogP contribution is 2.12. The number of hydrogen-bond donors (Lipinski definition) is 0. The topological polar surface area (TPSA) is 28.5 Å². The van der Waals surface area contributed by atoms with E-state index in [1.165, 1.54) is 11.1 Å². The smallest absolute Gasteiger partial charge is 0.270 e. The van der Waals surface area contributed by atoms with E-state index in [0.29, 0.717) is 0 Å². The molecule has 1 fully saturated rings. The summed E-state index contributed by atoms with van der Waals surface area (Å²) in [6.45, 7) is 6.56. The van der Waals surface area contributed by atoms with Gasteiger partial charge in [0.25, 0.3) is 5.91 Å². The van der Waals surface area contributed by atoms with Crippen LogP contribution in [-0.4, -0.2) is 46.5 Å². The van der Waals surface area contributed by atoms with Gasteiger partial charge in [-0.1, -0.05) is 29.8 Å². The van der Waals surface area contributed by atoms with Crippen LogP contribution in [0.1, 0.15) is 21.6 Å². The number of carbonyl (C=O) groups excluding carboxylic acids is 1. The van der Waals surface area contributed by atoms with Gasteiger partial charge in [-0.05, 0) is 24.6 Å². The van der Waals surface area contributed by atoms with Gasteiger partial charge in [0.1, 0.15) is 5.69 Å². The highest BCUT2D eigenvalue weighted by Gasteiger charge is 2.23. The van der Waals surface area contributed by atoms with Gasteiger partial charge < -0.3 is 9.47 Å². The van der Waals surface area contributed by atoms with E-state index in [1.54, 1.807) is 0 Å². The zero-order valence-electron chi connectivity index (χ0n) is 13.3. The molecule has 1 aliphatic heterocycles. The SMILES string of the molecule is Cc1cccc(CN2CCN(C(=O)c3cccn3C)CC2)c1. The summed E-state index contributed by atoms with van der Waals surface area (Å²) in [5, 5.41) is 0. The van der Waals surface area contributed by atoms with Gasteiger partial charge in [-0.15, -0.1) is 0 Å². The summed E-state index contributed by atoms with van der Waals surface area (Å²) in [7, 11) is 1.92. The van der Waals surface area contributed by atoms with Crippen LogP contribution >= 0.6 is 0 Å². The Kier molecular flexibility index (Phi) is 4.29. The molecule has 1 aromatic carbocycles. The van der Waals surface area contributed by atoms with Crippen LogP contribution in [0.4, 0.5) is 0 Å².